The van der Waals surface area contributed by atoms with Crippen molar-refractivity contribution < 1.29 is 44.5 Å². The number of benzene rings is 2. The number of ether oxygens (including phenoxy) is 3. The van der Waals surface area contributed by atoms with Crippen LogP contribution in [0.2, 0.25) is 5.02 Å². The van der Waals surface area contributed by atoms with Gasteiger partial charge in [-0.3, -0.25) is 0 Å². The van der Waals surface area contributed by atoms with Crippen LogP contribution < -0.4 is 4.74 Å². The molecule has 2 heterocycles. The summed E-state index contributed by atoms with van der Waals surface area (Å²) in [6, 6.07) is 11.6. The predicted octanol–water partition coefficient (Wildman–Crippen LogP) is 0.244. The maximum absolute atomic E-state index is 11.6. The van der Waals surface area contributed by atoms with E-state index in [2.05, 4.69) is 0 Å². The van der Waals surface area contributed by atoms with Gasteiger partial charge in [0.25, 0.3) is 0 Å². The first kappa shape index (κ1) is 23.9. The lowest BCUT2D eigenvalue weighted by molar-refractivity contribution is -0.357. The van der Waals surface area contributed by atoms with Crippen LogP contribution in [-0.2, 0) is 26.5 Å². The molecule has 0 aliphatic carbocycles. The minimum atomic E-state index is -2.36. The zero-order chi connectivity index (χ0) is 23.8. The fourth-order valence-corrected chi connectivity index (χ4v) is 4.16. The molecular weight excluding hydrogens is 456 g/mol. The summed E-state index contributed by atoms with van der Waals surface area (Å²) in [7, 11) is 0. The van der Waals surface area contributed by atoms with Crippen LogP contribution in [0.1, 0.15) is 23.1 Å². The lowest BCUT2D eigenvalue weighted by atomic mass is 9.87. The van der Waals surface area contributed by atoms with Crippen molar-refractivity contribution in [3.8, 4) is 5.75 Å². The SMILES string of the molecule is O=C1OCCC1Oc1ccc(Cc2cc([C@@]3(O)O[C@H](CO)[C@@H](O)[C@H](O)[C@H]3O)ccc2Cl)cc1. The van der Waals surface area contributed by atoms with Gasteiger partial charge in [-0.2, -0.15) is 0 Å². The van der Waals surface area contributed by atoms with Gasteiger partial charge in [0, 0.05) is 17.0 Å². The smallest absolute Gasteiger partial charge is 0.347 e. The molecule has 178 valence electrons. The molecule has 0 bridgehead atoms. The largest absolute Gasteiger partial charge is 0.479 e. The van der Waals surface area contributed by atoms with Crippen LogP contribution in [0.3, 0.4) is 0 Å². The average molecular weight is 481 g/mol. The summed E-state index contributed by atoms with van der Waals surface area (Å²) >= 11 is 6.34. The summed E-state index contributed by atoms with van der Waals surface area (Å²) in [5.74, 6) is -2.22. The second kappa shape index (κ2) is 9.55. The van der Waals surface area contributed by atoms with Gasteiger partial charge >= 0.3 is 5.97 Å². The molecule has 2 aromatic rings. The van der Waals surface area contributed by atoms with Crippen LogP contribution in [0.4, 0.5) is 0 Å². The molecule has 0 spiro atoms. The Kier molecular flexibility index (Phi) is 6.92. The molecule has 0 amide bonds. The number of rotatable bonds is 6. The van der Waals surface area contributed by atoms with Crippen molar-refractivity contribution in [2.45, 2.75) is 49.1 Å². The monoisotopic (exact) mass is 480 g/mol. The van der Waals surface area contributed by atoms with Crippen LogP contribution >= 0.6 is 11.6 Å². The van der Waals surface area contributed by atoms with Gasteiger partial charge < -0.3 is 39.7 Å². The summed E-state index contributed by atoms with van der Waals surface area (Å²) in [6.45, 7) is -0.322. The highest BCUT2D eigenvalue weighted by Gasteiger charge is 2.53. The van der Waals surface area contributed by atoms with E-state index in [1.165, 1.54) is 18.2 Å². The molecule has 10 heteroatoms. The normalized spacial score (nSPS) is 31.9. The molecule has 4 rings (SSSR count). The Hall–Kier alpha value is -2.24. The van der Waals surface area contributed by atoms with Gasteiger partial charge in [-0.05, 0) is 41.8 Å². The Morgan fingerprint density at radius 2 is 1.82 bits per heavy atom. The van der Waals surface area contributed by atoms with E-state index in [0.29, 0.717) is 35.8 Å². The first-order chi connectivity index (χ1) is 15.7. The summed E-state index contributed by atoms with van der Waals surface area (Å²) in [6.07, 6.45) is -6.20. The number of esters is 1. The molecule has 0 aromatic heterocycles. The summed E-state index contributed by atoms with van der Waals surface area (Å²) < 4.78 is 15.9. The summed E-state index contributed by atoms with van der Waals surface area (Å²) in [5, 5.41) is 51.3. The van der Waals surface area contributed by atoms with Gasteiger partial charge in [0.15, 0.2) is 6.10 Å². The molecule has 5 N–H and O–H groups in total. The van der Waals surface area contributed by atoms with Gasteiger partial charge in [-0.1, -0.05) is 29.8 Å². The number of aliphatic hydroxyl groups excluding tert-OH is 4. The van der Waals surface area contributed by atoms with E-state index in [1.807, 2.05) is 0 Å². The van der Waals surface area contributed by atoms with Crippen molar-refractivity contribution in [3.63, 3.8) is 0 Å². The first-order valence-corrected chi connectivity index (χ1v) is 10.9. The minimum absolute atomic E-state index is 0.110. The number of carbonyl (C=O) groups excluding carboxylic acids is 1. The highest BCUT2D eigenvalue weighted by Crippen LogP contribution is 2.38. The molecule has 2 aliphatic heterocycles. The number of hydrogen-bond donors (Lipinski definition) is 5. The van der Waals surface area contributed by atoms with Gasteiger partial charge in [-0.15, -0.1) is 0 Å². The zero-order valence-corrected chi connectivity index (χ0v) is 18.3. The van der Waals surface area contributed by atoms with E-state index in [-0.39, 0.29) is 11.5 Å². The van der Waals surface area contributed by atoms with Gasteiger partial charge in [0.05, 0.1) is 13.2 Å². The molecule has 1 unspecified atom stereocenters. The molecule has 2 aromatic carbocycles. The standard InChI is InChI=1S/C23H25ClO9/c24-16-6-3-14(23(30)21(28)20(27)19(26)18(11-25)33-23)10-13(16)9-12-1-4-15(5-2-12)32-17-7-8-31-22(17)29/h1-6,10,17-21,25-28,30H,7-9,11H2/t17?,18-,19-,20+,21-,23-/m1/s1. The maximum Gasteiger partial charge on any atom is 0.347 e. The molecule has 33 heavy (non-hydrogen) atoms. The number of aliphatic hydroxyl groups is 5. The number of hydrogen-bond acceptors (Lipinski definition) is 9. The lowest BCUT2D eigenvalue weighted by Gasteiger charge is -2.45. The van der Waals surface area contributed by atoms with Crippen LogP contribution in [0.25, 0.3) is 0 Å². The Bertz CT molecular complexity index is 996. The molecule has 2 fully saturated rings. The van der Waals surface area contributed by atoms with Crippen LogP contribution in [-0.4, -0.2) is 75.2 Å². The van der Waals surface area contributed by atoms with E-state index in [0.717, 1.165) is 5.56 Å². The fourth-order valence-electron chi connectivity index (χ4n) is 3.98. The van der Waals surface area contributed by atoms with Crippen molar-refractivity contribution in [1.82, 2.24) is 0 Å². The van der Waals surface area contributed by atoms with E-state index in [9.17, 15) is 30.3 Å². The van der Waals surface area contributed by atoms with Crippen molar-refractivity contribution in [2.24, 2.45) is 0 Å². The van der Waals surface area contributed by atoms with Crippen molar-refractivity contribution in [3.05, 3.63) is 64.2 Å². The molecular formula is C23H25ClO9. The Balaban J connectivity index is 1.53. The third-order valence-electron chi connectivity index (χ3n) is 5.91. The number of halogens is 1. The van der Waals surface area contributed by atoms with Crippen molar-refractivity contribution >= 4 is 17.6 Å². The van der Waals surface area contributed by atoms with E-state index >= 15 is 0 Å². The second-order valence-corrected chi connectivity index (χ2v) is 8.56. The van der Waals surface area contributed by atoms with E-state index < -0.39 is 42.9 Å². The third-order valence-corrected chi connectivity index (χ3v) is 6.28. The van der Waals surface area contributed by atoms with Crippen molar-refractivity contribution in [2.75, 3.05) is 13.2 Å². The highest BCUT2D eigenvalue weighted by atomic mass is 35.5. The Labute approximate surface area is 194 Å². The van der Waals surface area contributed by atoms with E-state index in [1.54, 1.807) is 24.3 Å². The van der Waals surface area contributed by atoms with Crippen molar-refractivity contribution in [1.29, 1.82) is 0 Å². The summed E-state index contributed by atoms with van der Waals surface area (Å²) in [5.41, 5.74) is 1.57. The lowest BCUT2D eigenvalue weighted by Crippen LogP contribution is -2.63. The second-order valence-electron chi connectivity index (χ2n) is 8.15. The van der Waals surface area contributed by atoms with Gasteiger partial charge in [-0.25, -0.2) is 4.79 Å². The Morgan fingerprint density at radius 1 is 1.09 bits per heavy atom. The van der Waals surface area contributed by atoms with Crippen LogP contribution in [0, 0.1) is 0 Å². The topological polar surface area (TPSA) is 146 Å². The van der Waals surface area contributed by atoms with Crippen LogP contribution in [0.5, 0.6) is 5.75 Å². The maximum atomic E-state index is 11.6. The number of carbonyl (C=O) groups is 1. The molecule has 0 radical (unpaired) electrons. The Morgan fingerprint density at radius 3 is 2.45 bits per heavy atom. The average Bonchev–Trinajstić information content (AvgIpc) is 3.21. The molecule has 0 saturated carbocycles. The minimum Gasteiger partial charge on any atom is -0.479 e. The fraction of sp³-hybridized carbons (Fsp3) is 0.435. The first-order valence-electron chi connectivity index (χ1n) is 10.5. The molecule has 9 nitrogen and oxygen atoms in total. The quantitative estimate of drug-likeness (QED) is 0.367. The molecule has 2 saturated heterocycles. The summed E-state index contributed by atoms with van der Waals surface area (Å²) in [4.78, 5) is 11.6. The van der Waals surface area contributed by atoms with Gasteiger partial charge in [0.2, 0.25) is 5.79 Å². The third kappa shape index (κ3) is 4.71. The van der Waals surface area contributed by atoms with E-state index in [4.69, 9.17) is 25.8 Å². The highest BCUT2D eigenvalue weighted by molar-refractivity contribution is 6.31. The number of cyclic esters (lactones) is 1. The molecule has 6 atom stereocenters. The molecule has 2 aliphatic rings. The zero-order valence-electron chi connectivity index (χ0n) is 17.5. The van der Waals surface area contributed by atoms with Crippen LogP contribution in [0.15, 0.2) is 42.5 Å². The predicted molar refractivity (Wildman–Crippen MR) is 115 cm³/mol. The van der Waals surface area contributed by atoms with Gasteiger partial charge in [0.1, 0.15) is 30.2 Å².